The topological polar surface area (TPSA) is 52.2 Å². The second kappa shape index (κ2) is 20.1. The van der Waals surface area contributed by atoms with Crippen molar-refractivity contribution in [1.82, 2.24) is 10.2 Å². The second-order valence-electron chi connectivity index (χ2n) is 10.3. The number of hydrogen-bond acceptors (Lipinski definition) is 6. The van der Waals surface area contributed by atoms with Crippen LogP contribution in [0.2, 0.25) is 0 Å². The first-order valence-electron chi connectivity index (χ1n) is 14.5. The van der Waals surface area contributed by atoms with Gasteiger partial charge in [-0.2, -0.15) is 0 Å². The first-order chi connectivity index (χ1) is 18.6. The van der Waals surface area contributed by atoms with Crippen LogP contribution in [-0.4, -0.2) is 65.6 Å². The monoisotopic (exact) mass is 598 g/mol. The summed E-state index contributed by atoms with van der Waals surface area (Å²) in [6.07, 6.45) is 11.9. The maximum atomic E-state index is 5.70. The number of halogens is 2. The molecule has 0 saturated heterocycles. The first kappa shape index (κ1) is 36.2. The Morgan fingerprint density at radius 2 is 1.48 bits per heavy atom. The number of ether oxygens (including phenoxy) is 4. The highest BCUT2D eigenvalue weighted by atomic mass is 35.5. The smallest absolute Gasteiger partial charge is 0.164 e. The van der Waals surface area contributed by atoms with Crippen LogP contribution in [0.15, 0.2) is 30.3 Å². The van der Waals surface area contributed by atoms with Crippen LogP contribution < -0.4 is 24.3 Å². The number of nitrogens with one attached hydrogen (secondary N) is 1. The Hall–Kier alpha value is -1.86. The van der Waals surface area contributed by atoms with Gasteiger partial charge in [0.25, 0.3) is 0 Å². The van der Waals surface area contributed by atoms with Crippen molar-refractivity contribution >= 4 is 24.8 Å². The zero-order valence-electron chi connectivity index (χ0n) is 25.3. The van der Waals surface area contributed by atoms with Crippen LogP contribution in [0.25, 0.3) is 0 Å². The molecule has 1 atom stereocenters. The Morgan fingerprint density at radius 1 is 0.775 bits per heavy atom. The van der Waals surface area contributed by atoms with Gasteiger partial charge >= 0.3 is 0 Å². The van der Waals surface area contributed by atoms with E-state index < -0.39 is 0 Å². The molecule has 0 bridgehead atoms. The lowest BCUT2D eigenvalue weighted by molar-refractivity contribution is 0.175. The zero-order valence-corrected chi connectivity index (χ0v) is 26.9. The fourth-order valence-corrected chi connectivity index (χ4v) is 5.74. The molecule has 1 N–H and O–H groups in total. The summed E-state index contributed by atoms with van der Waals surface area (Å²) < 4.78 is 21.9. The van der Waals surface area contributed by atoms with Gasteiger partial charge in [-0.25, -0.2) is 0 Å². The molecule has 0 saturated carbocycles. The van der Waals surface area contributed by atoms with E-state index in [1.54, 1.807) is 28.4 Å². The van der Waals surface area contributed by atoms with Crippen LogP contribution in [0.5, 0.6) is 23.0 Å². The van der Waals surface area contributed by atoms with Crippen molar-refractivity contribution in [2.24, 2.45) is 0 Å². The molecule has 2 aromatic carbocycles. The molecule has 1 aliphatic carbocycles. The van der Waals surface area contributed by atoms with E-state index in [1.807, 2.05) is 6.07 Å². The third-order valence-electron chi connectivity index (χ3n) is 7.77. The van der Waals surface area contributed by atoms with Crippen molar-refractivity contribution in [3.8, 4) is 23.0 Å². The van der Waals surface area contributed by atoms with Crippen LogP contribution in [0, 0.1) is 0 Å². The number of nitrogens with zero attached hydrogens (tertiary/aromatic N) is 1. The number of rotatable bonds is 18. The largest absolute Gasteiger partial charge is 0.493 e. The van der Waals surface area contributed by atoms with Crippen LogP contribution in [0.4, 0.5) is 0 Å². The average molecular weight is 600 g/mol. The van der Waals surface area contributed by atoms with E-state index in [0.29, 0.717) is 6.04 Å². The molecule has 228 valence electrons. The van der Waals surface area contributed by atoms with Crippen LogP contribution in [0.1, 0.15) is 68.6 Å². The maximum absolute atomic E-state index is 5.70. The molecule has 1 aliphatic rings. The summed E-state index contributed by atoms with van der Waals surface area (Å²) in [6.45, 7) is 6.86. The van der Waals surface area contributed by atoms with E-state index in [1.165, 1.54) is 68.3 Å². The van der Waals surface area contributed by atoms with Gasteiger partial charge in [-0.3, -0.25) is 0 Å². The fraction of sp³-hybridized carbons (Fsp3) is 0.625. The van der Waals surface area contributed by atoms with Crippen LogP contribution in [0.3, 0.4) is 0 Å². The summed E-state index contributed by atoms with van der Waals surface area (Å²) in [6, 6.07) is 11.1. The summed E-state index contributed by atoms with van der Waals surface area (Å²) in [5.74, 6) is 3.38. The quantitative estimate of drug-likeness (QED) is 0.188. The highest BCUT2D eigenvalue weighted by Gasteiger charge is 2.27. The predicted octanol–water partition coefficient (Wildman–Crippen LogP) is 6.92. The van der Waals surface area contributed by atoms with E-state index in [-0.39, 0.29) is 24.8 Å². The normalized spacial score (nSPS) is 14.1. The molecule has 3 rings (SSSR count). The molecule has 0 spiro atoms. The minimum Gasteiger partial charge on any atom is -0.493 e. The van der Waals surface area contributed by atoms with Gasteiger partial charge in [0.2, 0.25) is 0 Å². The molecule has 2 aromatic rings. The summed E-state index contributed by atoms with van der Waals surface area (Å²) in [5, 5.41) is 3.62. The molecular weight excluding hydrogens is 547 g/mol. The van der Waals surface area contributed by atoms with Crippen molar-refractivity contribution in [2.75, 3.05) is 54.6 Å². The van der Waals surface area contributed by atoms with Crippen molar-refractivity contribution in [1.29, 1.82) is 0 Å². The number of hydrogen-bond donors (Lipinski definition) is 1. The Labute approximate surface area is 255 Å². The molecule has 0 radical (unpaired) electrons. The van der Waals surface area contributed by atoms with Gasteiger partial charge in [0, 0.05) is 11.6 Å². The number of fused-ring (bicyclic) bond motifs is 1. The lowest BCUT2D eigenvalue weighted by atomic mass is 9.86. The van der Waals surface area contributed by atoms with Gasteiger partial charge < -0.3 is 29.2 Å². The minimum atomic E-state index is 0. The van der Waals surface area contributed by atoms with Crippen LogP contribution >= 0.6 is 24.8 Å². The first-order valence-corrected chi connectivity index (χ1v) is 14.5. The Balaban J connectivity index is 0.00000400. The van der Waals surface area contributed by atoms with Gasteiger partial charge in [0.05, 0.1) is 28.4 Å². The molecule has 0 aromatic heterocycles. The van der Waals surface area contributed by atoms with Gasteiger partial charge in [-0.05, 0) is 107 Å². The van der Waals surface area contributed by atoms with Gasteiger partial charge in [-0.1, -0.05) is 31.9 Å². The average Bonchev–Trinajstić information content (AvgIpc) is 2.96. The van der Waals surface area contributed by atoms with Gasteiger partial charge in [0.1, 0.15) is 0 Å². The lowest BCUT2D eigenvalue weighted by Gasteiger charge is -2.36. The lowest BCUT2D eigenvalue weighted by Crippen LogP contribution is -2.40. The highest BCUT2D eigenvalue weighted by molar-refractivity contribution is 5.85. The Bertz CT molecular complexity index is 976. The van der Waals surface area contributed by atoms with Crippen molar-refractivity contribution in [2.45, 2.75) is 77.2 Å². The summed E-state index contributed by atoms with van der Waals surface area (Å²) in [7, 11) is 6.84. The molecule has 40 heavy (non-hydrogen) atoms. The van der Waals surface area contributed by atoms with Crippen LogP contribution in [-0.2, 0) is 19.3 Å². The number of aryl methyl sites for hydroxylation is 1. The number of unbranched alkanes of at least 4 members (excludes halogenated alkanes) is 3. The Morgan fingerprint density at radius 3 is 2.17 bits per heavy atom. The molecular formula is C32H52Cl2N2O4. The molecule has 0 heterocycles. The molecule has 0 aliphatic heterocycles. The zero-order chi connectivity index (χ0) is 27.2. The minimum absolute atomic E-state index is 0. The predicted molar refractivity (Wildman–Crippen MR) is 171 cm³/mol. The standard InChI is InChI=1S/C32H50N2O4.2ClH/c1-6-21-34(27-15-16-28-26(24-27)14-18-30(36-3)32(28)38-5)22-10-8-7-9-19-33-20-11-12-25-13-17-29(35-2)31(23-25)37-4;;/h13-14,17-18,23,27,33H,6-12,15-16,19-22,24H2,1-5H3;2*1H. The summed E-state index contributed by atoms with van der Waals surface area (Å²) >= 11 is 0. The fourth-order valence-electron chi connectivity index (χ4n) is 5.74. The van der Waals surface area contributed by atoms with E-state index >= 15 is 0 Å². The number of benzene rings is 2. The summed E-state index contributed by atoms with van der Waals surface area (Å²) in [5.41, 5.74) is 4.06. The highest BCUT2D eigenvalue weighted by Crippen LogP contribution is 2.38. The molecule has 6 nitrogen and oxygen atoms in total. The third kappa shape index (κ3) is 10.5. The van der Waals surface area contributed by atoms with E-state index in [0.717, 1.165) is 61.8 Å². The van der Waals surface area contributed by atoms with Crippen molar-refractivity contribution < 1.29 is 18.9 Å². The molecule has 0 amide bonds. The molecule has 0 fully saturated rings. The van der Waals surface area contributed by atoms with E-state index in [4.69, 9.17) is 18.9 Å². The third-order valence-corrected chi connectivity index (χ3v) is 7.77. The van der Waals surface area contributed by atoms with Crippen molar-refractivity contribution in [3.63, 3.8) is 0 Å². The molecule has 8 heteroatoms. The maximum Gasteiger partial charge on any atom is 0.164 e. The SMILES string of the molecule is CCCN(CCCCCCNCCCc1ccc(OC)c(OC)c1)C1CCc2c(ccc(OC)c2OC)C1.Cl.Cl. The Kier molecular flexibility index (Phi) is 18.2. The summed E-state index contributed by atoms with van der Waals surface area (Å²) in [4.78, 5) is 2.74. The molecule has 1 unspecified atom stereocenters. The van der Waals surface area contributed by atoms with Gasteiger partial charge in [0.15, 0.2) is 23.0 Å². The van der Waals surface area contributed by atoms with Crippen molar-refractivity contribution in [3.05, 3.63) is 47.0 Å². The second-order valence-corrected chi connectivity index (χ2v) is 10.3. The van der Waals surface area contributed by atoms with E-state index in [9.17, 15) is 0 Å². The number of methoxy groups -OCH3 is 4. The van der Waals surface area contributed by atoms with Gasteiger partial charge in [-0.15, -0.1) is 24.8 Å². The van der Waals surface area contributed by atoms with E-state index in [2.05, 4.69) is 41.4 Å².